The summed E-state index contributed by atoms with van der Waals surface area (Å²) in [7, 11) is -3.49. The summed E-state index contributed by atoms with van der Waals surface area (Å²) < 4.78 is 40.2. The smallest absolute Gasteiger partial charge is 0.243 e. The van der Waals surface area contributed by atoms with Crippen LogP contribution >= 0.6 is 0 Å². The van der Waals surface area contributed by atoms with Gasteiger partial charge in [-0.15, -0.1) is 0 Å². The van der Waals surface area contributed by atoms with Gasteiger partial charge in [-0.05, 0) is 41.9 Å². The lowest BCUT2D eigenvalue weighted by Crippen LogP contribution is -2.48. The Labute approximate surface area is 160 Å². The minimum atomic E-state index is -3.49. The van der Waals surface area contributed by atoms with Crippen LogP contribution in [0.1, 0.15) is 18.1 Å². The Balaban J connectivity index is 1.65. The molecule has 0 amide bonds. The number of anilines is 1. The number of nitrogens with one attached hydrogen (secondary N) is 1. The standard InChI is InChI=1S/C20H26FN3O2S/c1-2-22-16-17-6-8-20(9-7-17)27(25,26)24-12-10-23(11-13-24)19-5-3-4-18(14-19)15-21/h3-9,14,22H,2,10-13,15-16H2,1H3. The van der Waals surface area contributed by atoms with Crippen molar-refractivity contribution < 1.29 is 12.8 Å². The summed E-state index contributed by atoms with van der Waals surface area (Å²) in [4.78, 5) is 2.43. The molecule has 0 saturated carbocycles. The van der Waals surface area contributed by atoms with E-state index in [9.17, 15) is 12.8 Å². The predicted molar refractivity (Wildman–Crippen MR) is 106 cm³/mol. The highest BCUT2D eigenvalue weighted by Crippen LogP contribution is 2.22. The van der Waals surface area contributed by atoms with Crippen molar-refractivity contribution in [2.24, 2.45) is 0 Å². The minimum Gasteiger partial charge on any atom is -0.369 e. The molecule has 0 unspecified atom stereocenters. The van der Waals surface area contributed by atoms with Gasteiger partial charge in [-0.1, -0.05) is 31.2 Å². The Morgan fingerprint density at radius 2 is 1.70 bits per heavy atom. The Kier molecular flexibility index (Phi) is 6.46. The van der Waals surface area contributed by atoms with Crippen molar-refractivity contribution in [2.45, 2.75) is 25.0 Å². The van der Waals surface area contributed by atoms with Crippen molar-refractivity contribution >= 4 is 15.7 Å². The fourth-order valence-corrected chi connectivity index (χ4v) is 4.64. The first kappa shape index (κ1) is 19.8. The third-order valence-electron chi connectivity index (χ3n) is 4.81. The number of nitrogens with zero attached hydrogens (tertiary/aromatic N) is 2. The van der Waals surface area contributed by atoms with E-state index in [-0.39, 0.29) is 0 Å². The van der Waals surface area contributed by atoms with Crippen LogP contribution in [0.3, 0.4) is 0 Å². The highest BCUT2D eigenvalue weighted by Gasteiger charge is 2.28. The second-order valence-electron chi connectivity index (χ2n) is 6.62. The number of piperazine rings is 1. The summed E-state index contributed by atoms with van der Waals surface area (Å²) in [5.41, 5.74) is 2.64. The molecule has 0 radical (unpaired) electrons. The largest absolute Gasteiger partial charge is 0.369 e. The van der Waals surface area contributed by atoms with Gasteiger partial charge < -0.3 is 10.2 Å². The van der Waals surface area contributed by atoms with E-state index in [1.54, 1.807) is 18.2 Å². The van der Waals surface area contributed by atoms with Gasteiger partial charge in [0.2, 0.25) is 10.0 Å². The SMILES string of the molecule is CCNCc1ccc(S(=O)(=O)N2CCN(c3cccc(CF)c3)CC2)cc1. The molecule has 1 heterocycles. The normalized spacial score (nSPS) is 15.9. The van der Waals surface area contributed by atoms with Gasteiger partial charge in [0.15, 0.2) is 0 Å². The lowest BCUT2D eigenvalue weighted by molar-refractivity contribution is 0.385. The topological polar surface area (TPSA) is 52.7 Å². The van der Waals surface area contributed by atoms with Crippen molar-refractivity contribution in [3.05, 3.63) is 59.7 Å². The summed E-state index contributed by atoms with van der Waals surface area (Å²) in [6.07, 6.45) is 0. The van der Waals surface area contributed by atoms with Crippen molar-refractivity contribution in [1.82, 2.24) is 9.62 Å². The molecule has 1 saturated heterocycles. The molecular weight excluding hydrogens is 365 g/mol. The van der Waals surface area contributed by atoms with Crippen molar-refractivity contribution in [1.29, 1.82) is 0 Å². The average molecular weight is 392 g/mol. The summed E-state index contributed by atoms with van der Waals surface area (Å²) in [5.74, 6) is 0. The van der Waals surface area contributed by atoms with E-state index in [2.05, 4.69) is 10.2 Å². The lowest BCUT2D eigenvalue weighted by atomic mass is 10.2. The lowest BCUT2D eigenvalue weighted by Gasteiger charge is -2.35. The van der Waals surface area contributed by atoms with E-state index >= 15 is 0 Å². The van der Waals surface area contributed by atoms with Crippen LogP contribution in [0.2, 0.25) is 0 Å². The molecule has 1 aliphatic rings. The summed E-state index contributed by atoms with van der Waals surface area (Å²) in [6.45, 7) is 5.16. The molecular formula is C20H26FN3O2S. The van der Waals surface area contributed by atoms with E-state index in [1.807, 2.05) is 37.3 Å². The molecule has 146 valence electrons. The molecule has 1 N–H and O–H groups in total. The zero-order chi connectivity index (χ0) is 19.3. The molecule has 2 aromatic carbocycles. The van der Waals surface area contributed by atoms with E-state index in [1.165, 1.54) is 4.31 Å². The maximum atomic E-state index is 12.9. The Morgan fingerprint density at radius 1 is 1.00 bits per heavy atom. The van der Waals surface area contributed by atoms with E-state index in [0.717, 1.165) is 24.3 Å². The Bertz CT molecular complexity index is 848. The summed E-state index contributed by atoms with van der Waals surface area (Å²) in [6, 6.07) is 14.4. The first-order chi connectivity index (χ1) is 13.0. The maximum absolute atomic E-state index is 12.9. The van der Waals surface area contributed by atoms with Crippen molar-refractivity contribution in [3.63, 3.8) is 0 Å². The number of halogens is 1. The predicted octanol–water partition coefficient (Wildman–Crippen LogP) is 2.78. The summed E-state index contributed by atoms with van der Waals surface area (Å²) in [5, 5.41) is 3.23. The number of hydrogen-bond acceptors (Lipinski definition) is 4. The quantitative estimate of drug-likeness (QED) is 0.789. The number of hydrogen-bond donors (Lipinski definition) is 1. The first-order valence-corrected chi connectivity index (χ1v) is 10.7. The van der Waals surface area contributed by atoms with Crippen LogP contribution in [0, 0.1) is 0 Å². The van der Waals surface area contributed by atoms with Crippen molar-refractivity contribution in [2.75, 3.05) is 37.6 Å². The zero-order valence-electron chi connectivity index (χ0n) is 15.6. The molecule has 2 aromatic rings. The van der Waals surface area contributed by atoms with Crippen LogP contribution in [-0.2, 0) is 23.2 Å². The van der Waals surface area contributed by atoms with Gasteiger partial charge in [-0.3, -0.25) is 0 Å². The Hall–Kier alpha value is -1.96. The molecule has 0 atom stereocenters. The van der Waals surface area contributed by atoms with Gasteiger partial charge in [-0.25, -0.2) is 12.8 Å². The monoisotopic (exact) mass is 391 g/mol. The number of benzene rings is 2. The maximum Gasteiger partial charge on any atom is 0.243 e. The third kappa shape index (κ3) is 4.66. The number of rotatable bonds is 7. The molecule has 1 aliphatic heterocycles. The van der Waals surface area contributed by atoms with Gasteiger partial charge in [0, 0.05) is 38.4 Å². The van der Waals surface area contributed by atoms with Gasteiger partial charge in [0.25, 0.3) is 0 Å². The van der Waals surface area contributed by atoms with Gasteiger partial charge in [0.1, 0.15) is 6.67 Å². The van der Waals surface area contributed by atoms with E-state index in [4.69, 9.17) is 0 Å². The molecule has 27 heavy (non-hydrogen) atoms. The number of sulfonamides is 1. The van der Waals surface area contributed by atoms with Gasteiger partial charge in [0.05, 0.1) is 4.90 Å². The Morgan fingerprint density at radius 3 is 2.33 bits per heavy atom. The average Bonchev–Trinajstić information content (AvgIpc) is 2.72. The molecule has 0 aliphatic carbocycles. The third-order valence-corrected chi connectivity index (χ3v) is 6.72. The second-order valence-corrected chi connectivity index (χ2v) is 8.56. The molecule has 0 spiro atoms. The van der Waals surface area contributed by atoms with Crippen molar-refractivity contribution in [3.8, 4) is 0 Å². The van der Waals surface area contributed by atoms with Crippen LogP contribution in [0.25, 0.3) is 0 Å². The first-order valence-electron chi connectivity index (χ1n) is 9.24. The second kappa shape index (κ2) is 8.82. The van der Waals surface area contributed by atoms with Crippen LogP contribution in [0.4, 0.5) is 10.1 Å². The molecule has 0 bridgehead atoms. The molecule has 7 heteroatoms. The molecule has 5 nitrogen and oxygen atoms in total. The molecule has 3 rings (SSSR count). The van der Waals surface area contributed by atoms with Crippen LogP contribution < -0.4 is 10.2 Å². The summed E-state index contributed by atoms with van der Waals surface area (Å²) >= 11 is 0. The molecule has 0 aromatic heterocycles. The van der Waals surface area contributed by atoms with Crippen LogP contribution in [-0.4, -0.2) is 45.4 Å². The number of alkyl halides is 1. The van der Waals surface area contributed by atoms with Crippen LogP contribution in [0.15, 0.2) is 53.4 Å². The van der Waals surface area contributed by atoms with Crippen LogP contribution in [0.5, 0.6) is 0 Å². The minimum absolute atomic E-state index is 0.329. The van der Waals surface area contributed by atoms with Gasteiger partial charge >= 0.3 is 0 Å². The fraction of sp³-hybridized carbons (Fsp3) is 0.400. The van der Waals surface area contributed by atoms with Gasteiger partial charge in [-0.2, -0.15) is 4.31 Å². The molecule has 1 fully saturated rings. The fourth-order valence-electron chi connectivity index (χ4n) is 3.22. The highest BCUT2D eigenvalue weighted by atomic mass is 32.2. The zero-order valence-corrected chi connectivity index (χ0v) is 16.4. The van der Waals surface area contributed by atoms with E-state index in [0.29, 0.717) is 36.6 Å². The van der Waals surface area contributed by atoms with E-state index < -0.39 is 16.7 Å². The highest BCUT2D eigenvalue weighted by molar-refractivity contribution is 7.89.